The molecule has 4 rings (SSSR count). The highest BCUT2D eigenvalue weighted by Crippen LogP contribution is 2.33. The number of benzene rings is 2. The fourth-order valence-corrected chi connectivity index (χ4v) is 4.98. The van der Waals surface area contributed by atoms with Gasteiger partial charge < -0.3 is 14.6 Å². The molecule has 2 aromatic carbocycles. The van der Waals surface area contributed by atoms with Gasteiger partial charge in [0.1, 0.15) is 11.4 Å². The van der Waals surface area contributed by atoms with E-state index in [0.29, 0.717) is 12.2 Å². The molecule has 0 aliphatic rings. The van der Waals surface area contributed by atoms with Crippen molar-refractivity contribution in [1.82, 2.24) is 9.88 Å². The summed E-state index contributed by atoms with van der Waals surface area (Å²) in [4.78, 5) is 13.2. The topological polar surface area (TPSA) is 43.3 Å². The second-order valence-corrected chi connectivity index (χ2v) is 9.34. The number of carbonyl (C=O) groups is 1. The number of fused-ring (bicyclic) bond motifs is 1. The quantitative estimate of drug-likeness (QED) is 0.376. The number of methoxy groups -OCH3 is 1. The first kappa shape index (κ1) is 19.7. The summed E-state index contributed by atoms with van der Waals surface area (Å²) in [6.45, 7) is 2.59. The van der Waals surface area contributed by atoms with Crippen LogP contribution in [0.15, 0.2) is 70.5 Å². The van der Waals surface area contributed by atoms with E-state index in [1.807, 2.05) is 67.6 Å². The maximum absolute atomic E-state index is 13.2. The van der Waals surface area contributed by atoms with Crippen LogP contribution in [0.2, 0.25) is 0 Å². The van der Waals surface area contributed by atoms with Crippen LogP contribution in [0.3, 0.4) is 0 Å². The summed E-state index contributed by atoms with van der Waals surface area (Å²) in [5.74, 6) is 0.727. The molecule has 148 valence electrons. The minimum absolute atomic E-state index is 0.0753. The number of amides is 1. The number of hydrogen-bond acceptors (Lipinski definition) is 3. The van der Waals surface area contributed by atoms with E-state index in [1.54, 1.807) is 18.4 Å². The lowest BCUT2D eigenvalue weighted by molar-refractivity contribution is 0.0931. The molecule has 1 atom stereocenters. The Hall–Kier alpha value is -2.57. The fraction of sp³-hybridized carbons (Fsp3) is 0.174. The van der Waals surface area contributed by atoms with Gasteiger partial charge in [0.2, 0.25) is 0 Å². The normalized spacial score (nSPS) is 12.1. The smallest absolute Gasteiger partial charge is 0.268 e. The van der Waals surface area contributed by atoms with Gasteiger partial charge in [0, 0.05) is 6.54 Å². The molecule has 0 radical (unpaired) electrons. The summed E-state index contributed by atoms with van der Waals surface area (Å²) < 4.78 is 9.55. The van der Waals surface area contributed by atoms with Crippen LogP contribution in [0.5, 0.6) is 5.75 Å². The van der Waals surface area contributed by atoms with Crippen molar-refractivity contribution >= 4 is 43.4 Å². The first-order valence-corrected chi connectivity index (χ1v) is 10.9. The Balaban J connectivity index is 1.67. The van der Waals surface area contributed by atoms with Gasteiger partial charge in [0.05, 0.1) is 27.2 Å². The van der Waals surface area contributed by atoms with Gasteiger partial charge in [0.15, 0.2) is 0 Å². The number of thiophene rings is 1. The number of nitrogens with one attached hydrogen (secondary N) is 1. The highest BCUT2D eigenvalue weighted by Gasteiger charge is 2.20. The molecule has 0 fully saturated rings. The van der Waals surface area contributed by atoms with Gasteiger partial charge in [-0.15, -0.1) is 11.3 Å². The zero-order valence-corrected chi connectivity index (χ0v) is 18.6. The molecule has 2 aromatic heterocycles. The first-order chi connectivity index (χ1) is 14.0. The number of rotatable bonds is 6. The van der Waals surface area contributed by atoms with E-state index in [-0.39, 0.29) is 11.9 Å². The largest absolute Gasteiger partial charge is 0.497 e. The molecule has 4 nitrogen and oxygen atoms in total. The summed E-state index contributed by atoms with van der Waals surface area (Å²) in [7, 11) is 1.66. The van der Waals surface area contributed by atoms with Gasteiger partial charge in [0.25, 0.3) is 5.91 Å². The molecule has 2 heterocycles. The summed E-state index contributed by atoms with van der Waals surface area (Å²) >= 11 is 5.19. The van der Waals surface area contributed by atoms with Crippen molar-refractivity contribution in [3.05, 3.63) is 87.3 Å². The molecule has 1 amide bonds. The highest BCUT2D eigenvalue weighted by molar-refractivity contribution is 9.11. The first-order valence-electron chi connectivity index (χ1n) is 9.32. The number of halogens is 1. The molecule has 0 saturated carbocycles. The number of ether oxygens (including phenoxy) is 1. The minimum Gasteiger partial charge on any atom is -0.497 e. The van der Waals surface area contributed by atoms with Crippen LogP contribution in [-0.2, 0) is 6.54 Å². The predicted octanol–water partition coefficient (Wildman–Crippen LogP) is 6.01. The Labute approximate surface area is 182 Å². The van der Waals surface area contributed by atoms with Crippen molar-refractivity contribution in [2.75, 3.05) is 7.11 Å². The van der Waals surface area contributed by atoms with Crippen molar-refractivity contribution in [2.24, 2.45) is 0 Å². The minimum atomic E-state index is -0.0798. The van der Waals surface area contributed by atoms with E-state index < -0.39 is 0 Å². The third-order valence-corrected chi connectivity index (χ3v) is 6.49. The Kier molecular flexibility index (Phi) is 5.74. The van der Waals surface area contributed by atoms with Crippen LogP contribution >= 0.6 is 27.3 Å². The van der Waals surface area contributed by atoms with E-state index in [1.165, 1.54) is 0 Å². The van der Waals surface area contributed by atoms with Gasteiger partial charge >= 0.3 is 0 Å². The number of hydrogen-bond donors (Lipinski definition) is 1. The third kappa shape index (κ3) is 4.23. The van der Waals surface area contributed by atoms with Gasteiger partial charge in [-0.1, -0.05) is 42.5 Å². The van der Waals surface area contributed by atoms with Crippen LogP contribution in [0.1, 0.15) is 34.6 Å². The molecule has 0 aliphatic heterocycles. The lowest BCUT2D eigenvalue weighted by atomic mass is 10.1. The van der Waals surface area contributed by atoms with Gasteiger partial charge in [-0.2, -0.15) is 0 Å². The van der Waals surface area contributed by atoms with Gasteiger partial charge in [-0.3, -0.25) is 4.79 Å². The molecule has 0 aliphatic carbocycles. The van der Waals surface area contributed by atoms with E-state index in [2.05, 4.69) is 31.9 Å². The van der Waals surface area contributed by atoms with Crippen molar-refractivity contribution in [3.63, 3.8) is 0 Å². The zero-order chi connectivity index (χ0) is 20.4. The third-order valence-electron chi connectivity index (χ3n) is 4.91. The molecule has 0 bridgehead atoms. The Bertz CT molecular complexity index is 1150. The van der Waals surface area contributed by atoms with Crippen LogP contribution < -0.4 is 10.1 Å². The number of aromatic nitrogens is 1. The second kappa shape index (κ2) is 8.43. The second-order valence-electron chi connectivity index (χ2n) is 6.87. The van der Waals surface area contributed by atoms with Crippen LogP contribution in [-0.4, -0.2) is 17.6 Å². The summed E-state index contributed by atoms with van der Waals surface area (Å²) in [5, 5.41) is 3.14. The summed E-state index contributed by atoms with van der Waals surface area (Å²) in [5.41, 5.74) is 3.86. The monoisotopic (exact) mass is 468 g/mol. The predicted molar refractivity (Wildman–Crippen MR) is 122 cm³/mol. The molecular weight excluding hydrogens is 448 g/mol. The summed E-state index contributed by atoms with van der Waals surface area (Å²) in [6.07, 6.45) is 0. The van der Waals surface area contributed by atoms with Crippen LogP contribution in [0.4, 0.5) is 0 Å². The highest BCUT2D eigenvalue weighted by atomic mass is 79.9. The lowest BCUT2D eigenvalue weighted by Crippen LogP contribution is -2.28. The van der Waals surface area contributed by atoms with Crippen molar-refractivity contribution in [3.8, 4) is 5.75 Å². The lowest BCUT2D eigenvalue weighted by Gasteiger charge is -2.16. The van der Waals surface area contributed by atoms with Crippen molar-refractivity contribution in [1.29, 1.82) is 0 Å². The van der Waals surface area contributed by atoms with E-state index >= 15 is 0 Å². The standard InChI is InChI=1S/C23H21BrN2O2S/c1-15(17-8-4-3-5-9-17)25-23(27)20-12-21-19(13-22(24)29-21)26(20)14-16-7-6-10-18(11-16)28-2/h3-13,15H,14H2,1-2H3,(H,25,27). The SMILES string of the molecule is COc1cccc(Cn2c(C(=O)NC(C)c3ccccc3)cc3sc(Br)cc32)c1. The average Bonchev–Trinajstić information content (AvgIpc) is 3.25. The van der Waals surface area contributed by atoms with E-state index in [4.69, 9.17) is 4.74 Å². The average molecular weight is 469 g/mol. The molecule has 4 aromatic rings. The Morgan fingerprint density at radius 3 is 2.69 bits per heavy atom. The molecule has 0 spiro atoms. The number of nitrogens with zero attached hydrogens (tertiary/aromatic N) is 1. The molecule has 1 unspecified atom stereocenters. The maximum Gasteiger partial charge on any atom is 0.268 e. The molecule has 29 heavy (non-hydrogen) atoms. The number of carbonyl (C=O) groups excluding carboxylic acids is 1. The summed E-state index contributed by atoms with van der Waals surface area (Å²) in [6, 6.07) is 21.9. The molecule has 6 heteroatoms. The Morgan fingerprint density at radius 1 is 1.14 bits per heavy atom. The zero-order valence-electron chi connectivity index (χ0n) is 16.2. The molecule has 1 N–H and O–H groups in total. The molecule has 0 saturated heterocycles. The van der Waals surface area contributed by atoms with Gasteiger partial charge in [-0.05, 0) is 58.2 Å². The van der Waals surface area contributed by atoms with Crippen LogP contribution in [0.25, 0.3) is 10.2 Å². The van der Waals surface area contributed by atoms with Crippen molar-refractivity contribution < 1.29 is 9.53 Å². The van der Waals surface area contributed by atoms with E-state index in [0.717, 1.165) is 30.9 Å². The fourth-order valence-electron chi connectivity index (χ4n) is 3.42. The van der Waals surface area contributed by atoms with Crippen molar-refractivity contribution in [2.45, 2.75) is 19.5 Å². The van der Waals surface area contributed by atoms with Gasteiger partial charge in [-0.25, -0.2) is 0 Å². The molecular formula is C23H21BrN2O2S. The maximum atomic E-state index is 13.2. The Morgan fingerprint density at radius 2 is 1.93 bits per heavy atom. The van der Waals surface area contributed by atoms with E-state index in [9.17, 15) is 4.79 Å². The van der Waals surface area contributed by atoms with Crippen LogP contribution in [0, 0.1) is 0 Å².